The SMILES string of the molecule is CN(Cc1cc(C2CCNCC2)nn1C)C(=O)c1ccccc1-c1ccccc1. The van der Waals surface area contributed by atoms with Crippen LogP contribution in [0.2, 0.25) is 0 Å². The van der Waals surface area contributed by atoms with Gasteiger partial charge in [-0.2, -0.15) is 5.10 Å². The van der Waals surface area contributed by atoms with Crippen molar-refractivity contribution in [1.29, 1.82) is 0 Å². The third kappa shape index (κ3) is 4.25. The van der Waals surface area contributed by atoms with Crippen LogP contribution < -0.4 is 5.32 Å². The highest BCUT2D eigenvalue weighted by Crippen LogP contribution is 2.26. The van der Waals surface area contributed by atoms with Crippen molar-refractivity contribution in [3.05, 3.63) is 77.6 Å². The first kappa shape index (κ1) is 19.4. The van der Waals surface area contributed by atoms with Gasteiger partial charge in [0.25, 0.3) is 5.91 Å². The van der Waals surface area contributed by atoms with Gasteiger partial charge in [0.15, 0.2) is 0 Å². The summed E-state index contributed by atoms with van der Waals surface area (Å²) in [4.78, 5) is 15.0. The fourth-order valence-electron chi connectivity index (χ4n) is 4.06. The second-order valence-corrected chi connectivity index (χ2v) is 7.78. The van der Waals surface area contributed by atoms with E-state index in [0.29, 0.717) is 12.5 Å². The van der Waals surface area contributed by atoms with Gasteiger partial charge >= 0.3 is 0 Å². The van der Waals surface area contributed by atoms with Crippen LogP contribution >= 0.6 is 0 Å². The summed E-state index contributed by atoms with van der Waals surface area (Å²) in [7, 11) is 3.83. The molecule has 5 nitrogen and oxygen atoms in total. The summed E-state index contributed by atoms with van der Waals surface area (Å²) in [6, 6.07) is 20.1. The summed E-state index contributed by atoms with van der Waals surface area (Å²) < 4.78 is 1.92. The van der Waals surface area contributed by atoms with Gasteiger partial charge in [-0.05, 0) is 49.2 Å². The molecule has 150 valence electrons. The van der Waals surface area contributed by atoms with E-state index in [1.165, 1.54) is 0 Å². The molecule has 5 heteroatoms. The molecule has 2 aromatic carbocycles. The largest absolute Gasteiger partial charge is 0.336 e. The van der Waals surface area contributed by atoms with E-state index >= 15 is 0 Å². The number of carbonyl (C=O) groups excluding carboxylic acids is 1. The van der Waals surface area contributed by atoms with E-state index in [2.05, 4.69) is 11.4 Å². The lowest BCUT2D eigenvalue weighted by Gasteiger charge is -2.20. The second-order valence-electron chi connectivity index (χ2n) is 7.78. The summed E-state index contributed by atoms with van der Waals surface area (Å²) in [6.45, 7) is 2.63. The van der Waals surface area contributed by atoms with Crippen LogP contribution in [0.25, 0.3) is 11.1 Å². The van der Waals surface area contributed by atoms with Gasteiger partial charge in [-0.25, -0.2) is 0 Å². The molecule has 0 radical (unpaired) electrons. The Balaban J connectivity index is 1.53. The van der Waals surface area contributed by atoms with Gasteiger partial charge in [0.05, 0.1) is 17.9 Å². The molecule has 29 heavy (non-hydrogen) atoms. The molecule has 1 saturated heterocycles. The van der Waals surface area contributed by atoms with Crippen molar-refractivity contribution in [3.63, 3.8) is 0 Å². The van der Waals surface area contributed by atoms with Crippen LogP contribution in [0, 0.1) is 0 Å². The van der Waals surface area contributed by atoms with Crippen LogP contribution in [0.3, 0.4) is 0 Å². The quantitative estimate of drug-likeness (QED) is 0.723. The first-order chi connectivity index (χ1) is 14.1. The van der Waals surface area contributed by atoms with Gasteiger partial charge in [-0.15, -0.1) is 0 Å². The Bertz CT molecular complexity index is 974. The summed E-state index contributed by atoms with van der Waals surface area (Å²) in [5, 5.41) is 8.14. The van der Waals surface area contributed by atoms with Crippen molar-refractivity contribution in [2.75, 3.05) is 20.1 Å². The minimum absolute atomic E-state index is 0.0223. The number of hydrogen-bond donors (Lipinski definition) is 1. The Morgan fingerprint density at radius 2 is 1.79 bits per heavy atom. The molecular formula is C24H28N4O. The van der Waals surface area contributed by atoms with Crippen molar-refractivity contribution in [2.45, 2.75) is 25.3 Å². The highest BCUT2D eigenvalue weighted by molar-refractivity contribution is 6.00. The number of aryl methyl sites for hydroxylation is 1. The van der Waals surface area contributed by atoms with Gasteiger partial charge in [0.2, 0.25) is 0 Å². The van der Waals surface area contributed by atoms with Crippen LogP contribution in [0.1, 0.15) is 40.5 Å². The maximum atomic E-state index is 13.3. The lowest BCUT2D eigenvalue weighted by Crippen LogP contribution is -2.27. The number of hydrogen-bond acceptors (Lipinski definition) is 3. The molecular weight excluding hydrogens is 360 g/mol. The van der Waals surface area contributed by atoms with Crippen LogP contribution in [-0.4, -0.2) is 40.7 Å². The molecule has 1 fully saturated rings. The number of benzene rings is 2. The average molecular weight is 389 g/mol. The number of nitrogens with one attached hydrogen (secondary N) is 1. The molecule has 1 N–H and O–H groups in total. The highest BCUT2D eigenvalue weighted by Gasteiger charge is 2.21. The summed E-state index contributed by atoms with van der Waals surface area (Å²) in [6.07, 6.45) is 2.24. The van der Waals surface area contributed by atoms with E-state index in [0.717, 1.165) is 54.0 Å². The molecule has 0 bridgehead atoms. The predicted octanol–water partition coefficient (Wildman–Crippen LogP) is 3.83. The monoisotopic (exact) mass is 388 g/mol. The fraction of sp³-hybridized carbons (Fsp3) is 0.333. The van der Waals surface area contributed by atoms with Crippen LogP contribution in [-0.2, 0) is 13.6 Å². The summed E-state index contributed by atoms with van der Waals surface area (Å²) in [5.74, 6) is 0.532. The molecule has 0 saturated carbocycles. The van der Waals surface area contributed by atoms with Gasteiger partial charge in [0.1, 0.15) is 0 Å². The van der Waals surface area contributed by atoms with Crippen LogP contribution in [0.15, 0.2) is 60.7 Å². The topological polar surface area (TPSA) is 50.2 Å². The van der Waals surface area contributed by atoms with E-state index in [4.69, 9.17) is 5.10 Å². The predicted molar refractivity (Wildman–Crippen MR) is 116 cm³/mol. The molecule has 0 atom stereocenters. The van der Waals surface area contributed by atoms with Crippen LogP contribution in [0.4, 0.5) is 0 Å². The van der Waals surface area contributed by atoms with Gasteiger partial charge < -0.3 is 10.2 Å². The molecule has 1 aliphatic heterocycles. The molecule has 1 aromatic heterocycles. The van der Waals surface area contributed by atoms with E-state index in [1.807, 2.05) is 73.4 Å². The Morgan fingerprint density at radius 3 is 2.55 bits per heavy atom. The van der Waals surface area contributed by atoms with Crippen molar-refractivity contribution in [3.8, 4) is 11.1 Å². The normalized spacial score (nSPS) is 14.7. The van der Waals surface area contributed by atoms with E-state index in [-0.39, 0.29) is 5.91 Å². The van der Waals surface area contributed by atoms with E-state index < -0.39 is 0 Å². The Kier molecular flexibility index (Phi) is 5.76. The third-order valence-corrected chi connectivity index (χ3v) is 5.74. The zero-order valence-corrected chi connectivity index (χ0v) is 17.1. The molecule has 3 aromatic rings. The van der Waals surface area contributed by atoms with Crippen molar-refractivity contribution < 1.29 is 4.79 Å². The smallest absolute Gasteiger partial charge is 0.254 e. The molecule has 0 aliphatic carbocycles. The van der Waals surface area contributed by atoms with Gasteiger partial charge in [-0.3, -0.25) is 9.48 Å². The third-order valence-electron chi connectivity index (χ3n) is 5.74. The summed E-state index contributed by atoms with van der Waals surface area (Å²) >= 11 is 0. The number of piperidine rings is 1. The standard InChI is InChI=1S/C24H28N4O/c1-27(17-20-16-23(26-28(20)2)19-12-14-25-15-13-19)24(29)22-11-7-6-10-21(22)18-8-4-3-5-9-18/h3-11,16,19,25H,12-15,17H2,1-2H3. The van der Waals surface area contributed by atoms with Crippen molar-refractivity contribution >= 4 is 5.91 Å². The molecule has 0 unspecified atom stereocenters. The van der Waals surface area contributed by atoms with E-state index in [9.17, 15) is 4.79 Å². The second kappa shape index (κ2) is 8.62. The van der Waals surface area contributed by atoms with Gasteiger partial charge in [0, 0.05) is 25.6 Å². The number of nitrogens with zero attached hydrogens (tertiary/aromatic N) is 3. The first-order valence-electron chi connectivity index (χ1n) is 10.3. The zero-order chi connectivity index (χ0) is 20.2. The molecule has 1 aliphatic rings. The molecule has 1 amide bonds. The first-order valence-corrected chi connectivity index (χ1v) is 10.3. The highest BCUT2D eigenvalue weighted by atomic mass is 16.2. The maximum absolute atomic E-state index is 13.3. The fourth-order valence-corrected chi connectivity index (χ4v) is 4.06. The number of amides is 1. The maximum Gasteiger partial charge on any atom is 0.254 e. The Hall–Kier alpha value is -2.92. The minimum atomic E-state index is 0.0223. The van der Waals surface area contributed by atoms with E-state index in [1.54, 1.807) is 4.90 Å². The van der Waals surface area contributed by atoms with Gasteiger partial charge in [-0.1, -0.05) is 48.5 Å². The lowest BCUT2D eigenvalue weighted by molar-refractivity contribution is 0.0782. The molecule has 0 spiro atoms. The van der Waals surface area contributed by atoms with Crippen molar-refractivity contribution in [2.24, 2.45) is 7.05 Å². The zero-order valence-electron chi connectivity index (χ0n) is 17.1. The van der Waals surface area contributed by atoms with Crippen LogP contribution in [0.5, 0.6) is 0 Å². The minimum Gasteiger partial charge on any atom is -0.336 e. The average Bonchev–Trinajstić information content (AvgIpc) is 3.14. The number of rotatable bonds is 5. The number of aromatic nitrogens is 2. The molecule has 2 heterocycles. The summed E-state index contributed by atoms with van der Waals surface area (Å²) in [5.41, 5.74) is 4.95. The lowest BCUT2D eigenvalue weighted by atomic mass is 9.94. The Morgan fingerprint density at radius 1 is 1.10 bits per heavy atom. The number of carbonyl (C=O) groups is 1. The molecule has 4 rings (SSSR count). The van der Waals surface area contributed by atoms with Crippen molar-refractivity contribution in [1.82, 2.24) is 20.0 Å². The Labute approximate surface area is 172 Å².